The lowest BCUT2D eigenvalue weighted by molar-refractivity contribution is 0.220. The van der Waals surface area contributed by atoms with Crippen molar-refractivity contribution in [1.82, 2.24) is 29.4 Å². The van der Waals surface area contributed by atoms with E-state index in [4.69, 9.17) is 9.84 Å². The number of amides is 2. The van der Waals surface area contributed by atoms with Crippen LogP contribution < -0.4 is 10.1 Å². The topological polar surface area (TPSA) is 88.1 Å². The average Bonchev–Trinajstić information content (AvgIpc) is 3.68. The zero-order valence-electron chi connectivity index (χ0n) is 25.1. The van der Waals surface area contributed by atoms with E-state index in [2.05, 4.69) is 57.0 Å². The summed E-state index contributed by atoms with van der Waals surface area (Å²) in [6, 6.07) is 35.6. The van der Waals surface area contributed by atoms with Crippen molar-refractivity contribution in [2.24, 2.45) is 0 Å². The van der Waals surface area contributed by atoms with Gasteiger partial charge in [0.2, 0.25) is 0 Å². The number of nitrogens with one attached hydrogen (secondary N) is 2. The molecule has 9 heteroatoms. The summed E-state index contributed by atoms with van der Waals surface area (Å²) in [5.74, 6) is 2.34. The average molecular weight is 617 g/mol. The first-order valence-corrected chi connectivity index (χ1v) is 15.4. The summed E-state index contributed by atoms with van der Waals surface area (Å²) in [7, 11) is 1.66. The molecule has 2 aromatic heterocycles. The molecule has 2 amide bonds. The fraction of sp³-hybridized carbons (Fsp3) is 0.194. The van der Waals surface area contributed by atoms with Gasteiger partial charge in [-0.3, -0.25) is 4.31 Å². The number of thiol groups is 1. The fourth-order valence-corrected chi connectivity index (χ4v) is 5.78. The molecule has 0 fully saturated rings. The maximum atomic E-state index is 13.6. The Bertz CT molecular complexity index is 1840. The highest BCUT2D eigenvalue weighted by atomic mass is 32.1. The number of para-hydroxylation sites is 1. The lowest BCUT2D eigenvalue weighted by atomic mass is 10.0. The molecule has 2 heterocycles. The number of fused-ring (bicyclic) bond motifs is 1. The highest BCUT2D eigenvalue weighted by Crippen LogP contribution is 2.26. The Morgan fingerprint density at radius 1 is 0.867 bits per heavy atom. The van der Waals surface area contributed by atoms with Crippen LogP contribution in [-0.4, -0.2) is 37.2 Å². The van der Waals surface area contributed by atoms with Crippen molar-refractivity contribution in [3.8, 4) is 5.75 Å². The van der Waals surface area contributed by atoms with E-state index in [0.29, 0.717) is 31.8 Å². The van der Waals surface area contributed by atoms with Crippen LogP contribution in [0.15, 0.2) is 115 Å². The molecular formula is C36H36N6O2S. The van der Waals surface area contributed by atoms with Gasteiger partial charge < -0.3 is 19.6 Å². The third kappa shape index (κ3) is 7.38. The van der Waals surface area contributed by atoms with Crippen molar-refractivity contribution in [2.75, 3.05) is 7.11 Å². The molecule has 0 spiro atoms. The van der Waals surface area contributed by atoms with Crippen LogP contribution in [0.5, 0.6) is 5.75 Å². The van der Waals surface area contributed by atoms with Crippen LogP contribution in [0.2, 0.25) is 0 Å². The number of hydrogen-bond donors (Lipinski definition) is 3. The number of hydrogen-bond acceptors (Lipinski definition) is 5. The van der Waals surface area contributed by atoms with E-state index >= 15 is 0 Å². The third-order valence-electron chi connectivity index (χ3n) is 7.95. The smallest absolute Gasteiger partial charge is 0.328 e. The number of urea groups is 1. The molecule has 0 aliphatic carbocycles. The van der Waals surface area contributed by atoms with Crippen LogP contribution in [0.3, 0.4) is 0 Å². The van der Waals surface area contributed by atoms with E-state index in [0.717, 1.165) is 45.6 Å². The van der Waals surface area contributed by atoms with Crippen LogP contribution in [0, 0.1) is 0 Å². The predicted molar refractivity (Wildman–Crippen MR) is 180 cm³/mol. The van der Waals surface area contributed by atoms with Crippen LogP contribution >= 0.6 is 12.8 Å². The zero-order valence-corrected chi connectivity index (χ0v) is 26.0. The fourth-order valence-electron chi connectivity index (χ4n) is 5.56. The summed E-state index contributed by atoms with van der Waals surface area (Å²) in [6.07, 6.45) is 4.05. The van der Waals surface area contributed by atoms with E-state index < -0.39 is 6.04 Å². The zero-order chi connectivity index (χ0) is 31.0. The van der Waals surface area contributed by atoms with Crippen LogP contribution in [0.4, 0.5) is 4.79 Å². The van der Waals surface area contributed by atoms with Gasteiger partial charge in [-0.25, -0.2) is 4.79 Å². The number of nitrogens with zero attached hydrogens (tertiary/aromatic N) is 4. The number of benzene rings is 4. The van der Waals surface area contributed by atoms with E-state index in [1.807, 2.05) is 91.1 Å². The van der Waals surface area contributed by atoms with Crippen LogP contribution in [0.25, 0.3) is 10.9 Å². The highest BCUT2D eigenvalue weighted by molar-refractivity contribution is 7.78. The molecule has 0 saturated carbocycles. The second kappa shape index (κ2) is 14.2. The molecule has 8 nitrogen and oxygen atoms in total. The van der Waals surface area contributed by atoms with Crippen molar-refractivity contribution in [2.45, 2.75) is 38.4 Å². The van der Waals surface area contributed by atoms with E-state index in [-0.39, 0.29) is 6.03 Å². The van der Waals surface area contributed by atoms with Gasteiger partial charge in [0.15, 0.2) is 5.82 Å². The quantitative estimate of drug-likeness (QED) is 0.130. The molecule has 0 radical (unpaired) electrons. The minimum atomic E-state index is -0.474. The summed E-state index contributed by atoms with van der Waals surface area (Å²) in [5.41, 5.74) is 5.42. The molecule has 2 N–H and O–H groups in total. The second-order valence-electron chi connectivity index (χ2n) is 11.0. The standard InChI is InChI=1S/C36H36N6O2S/c1-44-30-19-16-28(17-20-30)24-41-34(21-18-26-10-4-2-5-11-26)39-40-35(41)33(22-29-23-37-32-15-9-8-14-31(29)32)38-36(43)42(45)25-27-12-6-3-7-13-27/h2-17,19-20,23,33,37,45H,18,21-22,24-25H2,1H3,(H,38,43)/t33-/m1/s1. The normalized spacial score (nSPS) is 11.8. The Balaban J connectivity index is 1.35. The lowest BCUT2D eigenvalue weighted by Gasteiger charge is -2.23. The lowest BCUT2D eigenvalue weighted by Crippen LogP contribution is -2.38. The molecule has 6 aromatic rings. The van der Waals surface area contributed by atoms with Crippen molar-refractivity contribution in [3.05, 3.63) is 149 Å². The molecule has 4 aromatic carbocycles. The number of aryl methyl sites for hydroxylation is 2. The Labute approximate surface area is 268 Å². The summed E-state index contributed by atoms with van der Waals surface area (Å²) >= 11 is 4.56. The van der Waals surface area contributed by atoms with Gasteiger partial charge in [-0.1, -0.05) is 104 Å². The van der Waals surface area contributed by atoms with Gasteiger partial charge in [0.1, 0.15) is 11.6 Å². The first-order chi connectivity index (χ1) is 22.1. The molecule has 0 saturated heterocycles. The summed E-state index contributed by atoms with van der Waals surface area (Å²) in [6.45, 7) is 0.905. The number of aromatic amines is 1. The number of H-pyrrole nitrogens is 1. The molecule has 6 rings (SSSR count). The van der Waals surface area contributed by atoms with Crippen molar-refractivity contribution in [3.63, 3.8) is 0 Å². The molecular weight excluding hydrogens is 581 g/mol. The summed E-state index contributed by atoms with van der Waals surface area (Å²) in [4.78, 5) is 17.0. The minimum Gasteiger partial charge on any atom is -0.497 e. The maximum Gasteiger partial charge on any atom is 0.328 e. The molecule has 0 aliphatic heterocycles. The van der Waals surface area contributed by atoms with Gasteiger partial charge in [0.25, 0.3) is 0 Å². The molecule has 0 unspecified atom stereocenters. The minimum absolute atomic E-state index is 0.308. The molecule has 0 bridgehead atoms. The van der Waals surface area contributed by atoms with Crippen LogP contribution in [-0.2, 0) is 32.4 Å². The van der Waals surface area contributed by atoms with Gasteiger partial charge >= 0.3 is 6.03 Å². The van der Waals surface area contributed by atoms with Gasteiger partial charge in [0, 0.05) is 29.9 Å². The largest absolute Gasteiger partial charge is 0.497 e. The number of aromatic nitrogens is 4. The Morgan fingerprint density at radius 2 is 1.56 bits per heavy atom. The highest BCUT2D eigenvalue weighted by Gasteiger charge is 2.26. The number of ether oxygens (including phenoxy) is 1. The van der Waals surface area contributed by atoms with E-state index in [1.165, 1.54) is 9.87 Å². The van der Waals surface area contributed by atoms with Crippen molar-refractivity contribution >= 4 is 29.7 Å². The number of carbonyl (C=O) groups is 1. The molecule has 45 heavy (non-hydrogen) atoms. The first-order valence-electron chi connectivity index (χ1n) is 15.0. The van der Waals surface area contributed by atoms with Gasteiger partial charge in [0.05, 0.1) is 26.2 Å². The Kier molecular flexibility index (Phi) is 9.46. The Morgan fingerprint density at radius 3 is 2.29 bits per heavy atom. The monoisotopic (exact) mass is 616 g/mol. The number of carbonyl (C=O) groups excluding carboxylic acids is 1. The summed E-state index contributed by atoms with van der Waals surface area (Å²) < 4.78 is 8.93. The van der Waals surface area contributed by atoms with Gasteiger partial charge in [-0.05, 0) is 46.9 Å². The van der Waals surface area contributed by atoms with Crippen molar-refractivity contribution in [1.29, 1.82) is 0 Å². The second-order valence-corrected chi connectivity index (χ2v) is 11.5. The maximum absolute atomic E-state index is 13.6. The van der Waals surface area contributed by atoms with Crippen LogP contribution in [0.1, 0.15) is 39.9 Å². The Hall–Kier alpha value is -5.02. The molecule has 0 aliphatic rings. The predicted octanol–water partition coefficient (Wildman–Crippen LogP) is 6.94. The van der Waals surface area contributed by atoms with Gasteiger partial charge in [-0.15, -0.1) is 10.2 Å². The van der Waals surface area contributed by atoms with E-state index in [1.54, 1.807) is 7.11 Å². The SMILES string of the molecule is COc1ccc(Cn2c(CCc3ccccc3)nnc2[C@@H](Cc2c[nH]c3ccccc23)NC(=O)N(S)Cc2ccccc2)cc1. The molecule has 1 atom stereocenters. The first kappa shape index (κ1) is 30.0. The van der Waals surface area contributed by atoms with Gasteiger partial charge in [-0.2, -0.15) is 0 Å². The number of methoxy groups -OCH3 is 1. The molecule has 228 valence electrons. The van der Waals surface area contributed by atoms with Crippen molar-refractivity contribution < 1.29 is 9.53 Å². The summed E-state index contributed by atoms with van der Waals surface area (Å²) in [5, 5.41) is 13.8. The van der Waals surface area contributed by atoms with E-state index in [9.17, 15) is 4.79 Å². The third-order valence-corrected chi connectivity index (χ3v) is 8.28. The number of rotatable bonds is 12.